The summed E-state index contributed by atoms with van der Waals surface area (Å²) < 4.78 is 12.2. The van der Waals surface area contributed by atoms with Gasteiger partial charge >= 0.3 is 0 Å². The molecule has 0 saturated heterocycles. The SMILES string of the molecule is CC(Nc1cnnnc1)(OCc1ccc2ccccc2n1)Oc1ccccc1. The van der Waals surface area contributed by atoms with E-state index in [1.165, 1.54) is 0 Å². The smallest absolute Gasteiger partial charge is 0.289 e. The minimum Gasteiger partial charge on any atom is -0.445 e. The lowest BCUT2D eigenvalue weighted by atomic mass is 10.2. The number of para-hydroxylation sites is 2. The molecule has 7 heteroatoms. The average molecular weight is 373 g/mol. The second kappa shape index (κ2) is 7.98. The van der Waals surface area contributed by atoms with Gasteiger partial charge in [0.25, 0.3) is 5.91 Å². The van der Waals surface area contributed by atoms with Gasteiger partial charge in [0.05, 0.1) is 35.9 Å². The van der Waals surface area contributed by atoms with Gasteiger partial charge in [-0.1, -0.05) is 42.5 Å². The Morgan fingerprint density at radius 3 is 2.46 bits per heavy atom. The van der Waals surface area contributed by atoms with E-state index in [1.807, 2.05) is 66.7 Å². The molecular weight excluding hydrogens is 354 g/mol. The maximum absolute atomic E-state index is 6.10. The minimum absolute atomic E-state index is 0.257. The Bertz CT molecular complexity index is 1000. The molecule has 0 saturated carbocycles. The number of fused-ring (bicyclic) bond motifs is 1. The van der Waals surface area contributed by atoms with Crippen molar-refractivity contribution in [2.45, 2.75) is 19.4 Å². The van der Waals surface area contributed by atoms with Gasteiger partial charge in [-0.15, -0.1) is 10.2 Å². The van der Waals surface area contributed by atoms with E-state index in [-0.39, 0.29) is 6.61 Å². The molecule has 2 aromatic carbocycles. The van der Waals surface area contributed by atoms with Crippen LogP contribution < -0.4 is 10.1 Å². The van der Waals surface area contributed by atoms with Crippen LogP contribution in [-0.2, 0) is 11.3 Å². The fourth-order valence-electron chi connectivity index (χ4n) is 2.77. The predicted molar refractivity (Wildman–Crippen MR) is 105 cm³/mol. The molecule has 28 heavy (non-hydrogen) atoms. The topological polar surface area (TPSA) is 82.1 Å². The zero-order valence-electron chi connectivity index (χ0n) is 15.3. The molecule has 0 aliphatic heterocycles. The average Bonchev–Trinajstić information content (AvgIpc) is 2.73. The number of ether oxygens (including phenoxy) is 2. The summed E-state index contributed by atoms with van der Waals surface area (Å²) in [6.07, 6.45) is 3.11. The molecule has 1 unspecified atom stereocenters. The third-order valence-electron chi connectivity index (χ3n) is 4.08. The van der Waals surface area contributed by atoms with Crippen molar-refractivity contribution in [3.8, 4) is 5.75 Å². The van der Waals surface area contributed by atoms with Crippen LogP contribution in [0.3, 0.4) is 0 Å². The maximum Gasteiger partial charge on any atom is 0.289 e. The van der Waals surface area contributed by atoms with Crippen LogP contribution in [0.2, 0.25) is 0 Å². The lowest BCUT2D eigenvalue weighted by Crippen LogP contribution is -2.44. The summed E-state index contributed by atoms with van der Waals surface area (Å²) in [7, 11) is 0. The summed E-state index contributed by atoms with van der Waals surface area (Å²) in [4.78, 5) is 4.65. The molecule has 0 bridgehead atoms. The number of nitrogens with one attached hydrogen (secondary N) is 1. The van der Waals surface area contributed by atoms with Gasteiger partial charge in [0.15, 0.2) is 0 Å². The molecule has 1 atom stereocenters. The first-order valence-electron chi connectivity index (χ1n) is 8.84. The van der Waals surface area contributed by atoms with Crippen molar-refractivity contribution in [1.82, 2.24) is 20.4 Å². The Morgan fingerprint density at radius 2 is 1.64 bits per heavy atom. The Morgan fingerprint density at radius 1 is 0.893 bits per heavy atom. The van der Waals surface area contributed by atoms with E-state index >= 15 is 0 Å². The molecule has 7 nitrogen and oxygen atoms in total. The zero-order valence-corrected chi connectivity index (χ0v) is 15.3. The second-order valence-corrected chi connectivity index (χ2v) is 6.30. The standard InChI is InChI=1S/C21H19N5O2/c1-21(25-18-13-22-26-23-14-18,28-19-8-3-2-4-9-19)27-15-17-12-11-16-7-5-6-10-20(16)24-17/h2-14H,15H2,1H3,(H,25,26). The lowest BCUT2D eigenvalue weighted by molar-refractivity contribution is -0.157. The number of hydrogen-bond donors (Lipinski definition) is 1. The van der Waals surface area contributed by atoms with Crippen molar-refractivity contribution >= 4 is 16.6 Å². The number of benzene rings is 2. The van der Waals surface area contributed by atoms with Gasteiger partial charge in [-0.05, 0) is 29.5 Å². The van der Waals surface area contributed by atoms with Gasteiger partial charge in [0.1, 0.15) is 5.75 Å². The highest BCUT2D eigenvalue weighted by Gasteiger charge is 2.28. The van der Waals surface area contributed by atoms with Crippen molar-refractivity contribution in [1.29, 1.82) is 0 Å². The minimum atomic E-state index is -1.17. The Balaban J connectivity index is 1.55. The fourth-order valence-corrected chi connectivity index (χ4v) is 2.77. The van der Waals surface area contributed by atoms with Crippen LogP contribution in [0.4, 0.5) is 5.69 Å². The van der Waals surface area contributed by atoms with Crippen LogP contribution in [0.5, 0.6) is 5.75 Å². The van der Waals surface area contributed by atoms with Crippen LogP contribution in [0.1, 0.15) is 12.6 Å². The molecule has 4 aromatic rings. The van der Waals surface area contributed by atoms with Gasteiger partial charge < -0.3 is 14.8 Å². The largest absolute Gasteiger partial charge is 0.445 e. The monoisotopic (exact) mass is 373 g/mol. The van der Waals surface area contributed by atoms with Gasteiger partial charge in [-0.3, -0.25) is 4.98 Å². The molecule has 2 heterocycles. The van der Waals surface area contributed by atoms with Crippen LogP contribution in [-0.4, -0.2) is 26.3 Å². The molecule has 0 fully saturated rings. The summed E-state index contributed by atoms with van der Waals surface area (Å²) >= 11 is 0. The molecule has 0 spiro atoms. The number of nitrogens with zero attached hydrogens (tertiary/aromatic N) is 4. The van der Waals surface area contributed by atoms with Crippen molar-refractivity contribution in [2.24, 2.45) is 0 Å². The number of pyridine rings is 1. The quantitative estimate of drug-likeness (QED) is 0.493. The summed E-state index contributed by atoms with van der Waals surface area (Å²) in [6, 6.07) is 21.4. The van der Waals surface area contributed by atoms with Crippen LogP contribution in [0.25, 0.3) is 10.9 Å². The van der Waals surface area contributed by atoms with Gasteiger partial charge in [-0.25, -0.2) is 0 Å². The molecular formula is C21H19N5O2. The highest BCUT2D eigenvalue weighted by Crippen LogP contribution is 2.23. The van der Waals surface area contributed by atoms with E-state index in [2.05, 4.69) is 25.7 Å². The summed E-state index contributed by atoms with van der Waals surface area (Å²) in [5.41, 5.74) is 2.35. The lowest BCUT2D eigenvalue weighted by Gasteiger charge is -2.31. The van der Waals surface area contributed by atoms with Crippen LogP contribution in [0, 0.1) is 0 Å². The van der Waals surface area contributed by atoms with Gasteiger partial charge in [0.2, 0.25) is 0 Å². The summed E-state index contributed by atoms with van der Waals surface area (Å²) in [5.74, 6) is -0.502. The third-order valence-corrected chi connectivity index (χ3v) is 4.08. The molecule has 140 valence electrons. The van der Waals surface area contributed by atoms with E-state index in [0.717, 1.165) is 16.6 Å². The Labute approximate surface area is 162 Å². The summed E-state index contributed by atoms with van der Waals surface area (Å²) in [5, 5.41) is 15.4. The van der Waals surface area contributed by atoms with Crippen molar-refractivity contribution < 1.29 is 9.47 Å². The maximum atomic E-state index is 6.10. The Hall–Kier alpha value is -3.58. The predicted octanol–water partition coefficient (Wildman–Crippen LogP) is 3.80. The zero-order chi connectivity index (χ0) is 19.2. The molecule has 1 N–H and O–H groups in total. The van der Waals surface area contributed by atoms with Crippen molar-refractivity contribution in [3.05, 3.63) is 84.8 Å². The molecule has 2 aromatic heterocycles. The van der Waals surface area contributed by atoms with Gasteiger partial charge in [-0.2, -0.15) is 0 Å². The number of hydrogen-bond acceptors (Lipinski definition) is 7. The highest BCUT2D eigenvalue weighted by atomic mass is 16.7. The van der Waals surface area contributed by atoms with E-state index in [0.29, 0.717) is 11.4 Å². The number of rotatable bonds is 7. The first-order chi connectivity index (χ1) is 13.7. The first kappa shape index (κ1) is 17.8. The van der Waals surface area contributed by atoms with Gasteiger partial charge in [0, 0.05) is 12.3 Å². The van der Waals surface area contributed by atoms with Crippen LogP contribution >= 0.6 is 0 Å². The number of anilines is 1. The second-order valence-electron chi connectivity index (χ2n) is 6.30. The van der Waals surface area contributed by atoms with Crippen molar-refractivity contribution in [2.75, 3.05) is 5.32 Å². The fraction of sp³-hybridized carbons (Fsp3) is 0.143. The van der Waals surface area contributed by atoms with E-state index in [9.17, 15) is 0 Å². The van der Waals surface area contributed by atoms with Crippen LogP contribution in [0.15, 0.2) is 79.1 Å². The normalized spacial score (nSPS) is 13.0. The summed E-state index contributed by atoms with van der Waals surface area (Å²) in [6.45, 7) is 2.05. The molecule has 4 rings (SSSR count). The third kappa shape index (κ3) is 4.39. The van der Waals surface area contributed by atoms with E-state index in [4.69, 9.17) is 9.47 Å². The molecule has 0 amide bonds. The highest BCUT2D eigenvalue weighted by molar-refractivity contribution is 5.78. The molecule has 0 aliphatic rings. The number of aromatic nitrogens is 4. The van der Waals surface area contributed by atoms with Crippen molar-refractivity contribution in [3.63, 3.8) is 0 Å². The molecule has 0 aliphatic carbocycles. The van der Waals surface area contributed by atoms with E-state index < -0.39 is 5.91 Å². The Kier molecular flexibility index (Phi) is 5.07. The first-order valence-corrected chi connectivity index (χ1v) is 8.84. The van der Waals surface area contributed by atoms with E-state index in [1.54, 1.807) is 19.3 Å². The molecule has 0 radical (unpaired) electrons.